The van der Waals surface area contributed by atoms with Crippen LogP contribution in [0.1, 0.15) is 47.5 Å². The highest BCUT2D eigenvalue weighted by atomic mass is 35.5. The Morgan fingerprint density at radius 2 is 1.87 bits per heavy atom. The third-order valence-corrected chi connectivity index (χ3v) is 6.75. The van der Waals surface area contributed by atoms with Crippen molar-refractivity contribution in [2.24, 2.45) is 16.4 Å². The second kappa shape index (κ2) is 11.3. The number of nitrogens with zero attached hydrogens (tertiary/aromatic N) is 2. The predicted molar refractivity (Wildman–Crippen MR) is 126 cm³/mol. The number of halogens is 1. The quantitative estimate of drug-likeness (QED) is 0.348. The number of hydrogen-bond donors (Lipinski definition) is 2. The van der Waals surface area contributed by atoms with Crippen LogP contribution in [0.2, 0.25) is 0 Å². The van der Waals surface area contributed by atoms with Gasteiger partial charge in [-0.25, -0.2) is 5.43 Å². The molecule has 2 fully saturated rings. The highest BCUT2D eigenvalue weighted by molar-refractivity contribution is 8.14. The maximum Gasteiger partial charge on any atom is 0.309 e. The van der Waals surface area contributed by atoms with Crippen LogP contribution in [0.15, 0.2) is 17.3 Å². The van der Waals surface area contributed by atoms with Crippen molar-refractivity contribution in [1.29, 1.82) is 0 Å². The number of Topliss-reactive ketones (excluding diaryl/α,β-unsaturated/α-hetero) is 1. The molecule has 0 saturated carbocycles. The average Bonchev–Trinajstić information content (AvgIpc) is 2.94. The van der Waals surface area contributed by atoms with E-state index in [1.807, 2.05) is 32.7 Å². The summed E-state index contributed by atoms with van der Waals surface area (Å²) in [4.78, 5) is 39.8. The van der Waals surface area contributed by atoms with Gasteiger partial charge >= 0.3 is 5.91 Å². The van der Waals surface area contributed by atoms with Crippen LogP contribution in [0.5, 0.6) is 0 Å². The fraction of sp³-hybridized carbons (Fsp3) is 0.714. The van der Waals surface area contributed by atoms with Gasteiger partial charge in [0.1, 0.15) is 6.04 Å². The smallest absolute Gasteiger partial charge is 0.309 e. The zero-order chi connectivity index (χ0) is 22.5. The number of amidine groups is 1. The Kier molecular flexibility index (Phi) is 10.0. The average molecular weight is 475 g/mol. The number of rotatable bonds is 6. The molecule has 2 heterocycles. The molecule has 0 radical (unpaired) electrons. The maximum absolute atomic E-state index is 12.9. The van der Waals surface area contributed by atoms with Crippen molar-refractivity contribution >= 4 is 46.9 Å². The first-order chi connectivity index (χ1) is 13.9. The minimum absolute atomic E-state index is 0. The van der Waals surface area contributed by atoms with Crippen molar-refractivity contribution in [2.75, 3.05) is 26.0 Å². The molecule has 2 N–H and O–H groups in total. The maximum atomic E-state index is 12.9. The third-order valence-electron chi connectivity index (χ3n) is 5.28. The molecule has 2 aliphatic heterocycles. The zero-order valence-electron chi connectivity index (χ0n) is 19.2. The standard InChI is InChI=1S/C21H34N4O4S.ClH/c1-20(2,3)10-7-15(26)22-16(14-8-11-29-12-9-14)17(27)18(28)23-24-19-25(6)21(4,5)13-30-19;/h7,10,14,16H,8-9,11-13H2,1-6H3,(H,22,26)(H,23,28);1H/b10-7+,24-19?;. The summed E-state index contributed by atoms with van der Waals surface area (Å²) in [5.41, 5.74) is 2.14. The molecule has 0 bridgehead atoms. The normalized spacial score (nSPS) is 21.6. The number of thioether (sulfide) groups is 1. The van der Waals surface area contributed by atoms with Crippen molar-refractivity contribution in [3.63, 3.8) is 0 Å². The minimum atomic E-state index is -0.906. The predicted octanol–water partition coefficient (Wildman–Crippen LogP) is 2.34. The lowest BCUT2D eigenvalue weighted by Gasteiger charge is -2.29. The molecule has 10 heteroatoms. The summed E-state index contributed by atoms with van der Waals surface area (Å²) in [5, 5.41) is 7.52. The number of carbonyl (C=O) groups excluding carboxylic acids is 3. The van der Waals surface area contributed by atoms with Crippen LogP contribution >= 0.6 is 24.2 Å². The Morgan fingerprint density at radius 3 is 2.39 bits per heavy atom. The van der Waals surface area contributed by atoms with Crippen LogP contribution in [0, 0.1) is 11.3 Å². The van der Waals surface area contributed by atoms with Crippen LogP contribution in [0.3, 0.4) is 0 Å². The summed E-state index contributed by atoms with van der Waals surface area (Å²) in [6.07, 6.45) is 4.40. The molecule has 2 amide bonds. The molecule has 0 aromatic carbocycles. The van der Waals surface area contributed by atoms with E-state index in [4.69, 9.17) is 4.74 Å². The number of allylic oxidation sites excluding steroid dienone is 1. The van der Waals surface area contributed by atoms with E-state index in [2.05, 4.69) is 29.7 Å². The molecule has 2 saturated heterocycles. The van der Waals surface area contributed by atoms with E-state index in [0.29, 0.717) is 31.2 Å². The van der Waals surface area contributed by atoms with Crippen molar-refractivity contribution < 1.29 is 19.1 Å². The number of hydrazone groups is 1. The summed E-state index contributed by atoms with van der Waals surface area (Å²) < 4.78 is 5.36. The first kappa shape index (κ1) is 27.5. The van der Waals surface area contributed by atoms with Gasteiger partial charge in [0.15, 0.2) is 5.17 Å². The van der Waals surface area contributed by atoms with E-state index in [1.54, 1.807) is 6.08 Å². The lowest BCUT2D eigenvalue weighted by atomic mass is 9.88. The SMILES string of the molecule is CN1C(=NNC(=O)C(=O)C(NC(=O)/C=C/C(C)(C)C)C2CCOCC2)SCC1(C)C.Cl. The number of nitrogens with one attached hydrogen (secondary N) is 2. The lowest BCUT2D eigenvalue weighted by molar-refractivity contribution is -0.141. The Morgan fingerprint density at radius 1 is 1.26 bits per heavy atom. The minimum Gasteiger partial charge on any atom is -0.381 e. The summed E-state index contributed by atoms with van der Waals surface area (Å²) in [6, 6.07) is -0.906. The van der Waals surface area contributed by atoms with Crippen LogP contribution < -0.4 is 10.7 Å². The van der Waals surface area contributed by atoms with E-state index in [9.17, 15) is 14.4 Å². The molecular formula is C21H35ClN4O4S. The Balaban J connectivity index is 0.00000480. The molecule has 8 nitrogen and oxygen atoms in total. The topological polar surface area (TPSA) is 100 Å². The largest absolute Gasteiger partial charge is 0.381 e. The monoisotopic (exact) mass is 474 g/mol. The van der Waals surface area contributed by atoms with Gasteiger partial charge in [-0.1, -0.05) is 38.6 Å². The van der Waals surface area contributed by atoms with Crippen molar-refractivity contribution in [1.82, 2.24) is 15.6 Å². The molecule has 31 heavy (non-hydrogen) atoms. The molecule has 1 unspecified atom stereocenters. The third kappa shape index (κ3) is 8.12. The van der Waals surface area contributed by atoms with Crippen LogP contribution in [-0.2, 0) is 19.1 Å². The van der Waals surface area contributed by atoms with E-state index in [0.717, 1.165) is 5.75 Å². The van der Waals surface area contributed by atoms with Crippen LogP contribution in [-0.4, -0.2) is 65.3 Å². The summed E-state index contributed by atoms with van der Waals surface area (Å²) in [5.74, 6) is -1.21. The highest BCUT2D eigenvalue weighted by Gasteiger charge is 2.36. The number of carbonyl (C=O) groups is 3. The van der Waals surface area contributed by atoms with Gasteiger partial charge < -0.3 is 15.0 Å². The highest BCUT2D eigenvalue weighted by Crippen LogP contribution is 2.30. The van der Waals surface area contributed by atoms with Gasteiger partial charge in [-0.05, 0) is 44.1 Å². The fourth-order valence-corrected chi connectivity index (χ4v) is 4.30. The first-order valence-corrected chi connectivity index (χ1v) is 11.3. The van der Waals surface area contributed by atoms with E-state index in [-0.39, 0.29) is 35.2 Å². The summed E-state index contributed by atoms with van der Waals surface area (Å²) in [7, 11) is 1.90. The van der Waals surface area contributed by atoms with Gasteiger partial charge in [-0.15, -0.1) is 17.5 Å². The van der Waals surface area contributed by atoms with Gasteiger partial charge in [-0.2, -0.15) is 0 Å². The van der Waals surface area contributed by atoms with Crippen LogP contribution in [0.4, 0.5) is 0 Å². The fourth-order valence-electron chi connectivity index (χ4n) is 3.07. The van der Waals surface area contributed by atoms with E-state index < -0.39 is 17.7 Å². The Bertz CT molecular complexity index is 727. The van der Waals surface area contributed by atoms with Gasteiger partial charge in [0.05, 0.1) is 0 Å². The van der Waals surface area contributed by atoms with Crippen LogP contribution in [0.25, 0.3) is 0 Å². The molecule has 176 valence electrons. The molecule has 2 rings (SSSR count). The van der Waals surface area contributed by atoms with Crippen molar-refractivity contribution in [2.45, 2.75) is 59.0 Å². The van der Waals surface area contributed by atoms with Crippen molar-refractivity contribution in [3.8, 4) is 0 Å². The summed E-state index contributed by atoms with van der Waals surface area (Å²) >= 11 is 1.52. The molecule has 0 spiro atoms. The second-order valence-electron chi connectivity index (χ2n) is 9.50. The number of amides is 2. The van der Waals surface area contributed by atoms with Gasteiger partial charge in [0, 0.05) is 31.6 Å². The number of hydrogen-bond acceptors (Lipinski definition) is 6. The van der Waals surface area contributed by atoms with Gasteiger partial charge in [0.25, 0.3) is 0 Å². The molecular weight excluding hydrogens is 440 g/mol. The number of ether oxygens (including phenoxy) is 1. The zero-order valence-corrected chi connectivity index (χ0v) is 20.8. The van der Waals surface area contributed by atoms with Crippen molar-refractivity contribution in [3.05, 3.63) is 12.2 Å². The number of ketones is 1. The molecule has 0 aromatic heterocycles. The molecule has 0 aliphatic carbocycles. The Hall–Kier alpha value is -1.58. The molecule has 0 aromatic rings. The van der Waals surface area contributed by atoms with Gasteiger partial charge in [0.2, 0.25) is 11.7 Å². The lowest BCUT2D eigenvalue weighted by Crippen LogP contribution is -2.51. The first-order valence-electron chi connectivity index (χ1n) is 10.3. The molecule has 2 aliphatic rings. The van der Waals surface area contributed by atoms with E-state index in [1.165, 1.54) is 17.8 Å². The Labute approximate surface area is 195 Å². The van der Waals surface area contributed by atoms with E-state index >= 15 is 0 Å². The second-order valence-corrected chi connectivity index (χ2v) is 10.4. The van der Waals surface area contributed by atoms with Gasteiger partial charge in [-0.3, -0.25) is 14.4 Å². The summed E-state index contributed by atoms with van der Waals surface area (Å²) in [6.45, 7) is 11.1. The molecule has 1 atom stereocenters.